The monoisotopic (exact) mass is 237 g/mol. The van der Waals surface area contributed by atoms with Gasteiger partial charge in [0.2, 0.25) is 5.91 Å². The van der Waals surface area contributed by atoms with Crippen LogP contribution in [0.2, 0.25) is 0 Å². The van der Waals surface area contributed by atoms with Gasteiger partial charge < -0.3 is 10.1 Å². The maximum absolute atomic E-state index is 11.0. The predicted molar refractivity (Wildman–Crippen MR) is 61.1 cm³/mol. The van der Waals surface area contributed by atoms with Gasteiger partial charge in [-0.05, 0) is 24.3 Å². The van der Waals surface area contributed by atoms with Crippen LogP contribution in [-0.4, -0.2) is 29.8 Å². The third-order valence-corrected chi connectivity index (χ3v) is 2.28. The summed E-state index contributed by atoms with van der Waals surface area (Å²) < 4.78 is 5.19. The van der Waals surface area contributed by atoms with Crippen LogP contribution in [-0.2, 0) is 19.1 Å². The Labute approximate surface area is 99.5 Å². The smallest absolute Gasteiger partial charge is 0.303 e. The molecule has 1 aliphatic rings. The Morgan fingerprint density at radius 3 is 2.35 bits per heavy atom. The van der Waals surface area contributed by atoms with E-state index in [1.165, 1.54) is 26.0 Å². The van der Waals surface area contributed by atoms with Gasteiger partial charge in [0.1, 0.15) is 0 Å². The van der Waals surface area contributed by atoms with E-state index in [2.05, 4.69) is 5.32 Å². The quantitative estimate of drug-likeness (QED) is 0.723. The van der Waals surface area contributed by atoms with Crippen molar-refractivity contribution in [1.82, 2.24) is 5.32 Å². The van der Waals surface area contributed by atoms with Gasteiger partial charge in [0.05, 0.1) is 0 Å². The van der Waals surface area contributed by atoms with Crippen molar-refractivity contribution in [2.24, 2.45) is 0 Å². The van der Waals surface area contributed by atoms with Crippen molar-refractivity contribution in [3.8, 4) is 0 Å². The van der Waals surface area contributed by atoms with Crippen LogP contribution < -0.4 is 5.32 Å². The van der Waals surface area contributed by atoms with E-state index in [9.17, 15) is 14.4 Å². The second-order valence-corrected chi connectivity index (χ2v) is 3.85. The fourth-order valence-corrected chi connectivity index (χ4v) is 1.54. The normalized spacial score (nSPS) is 16.7. The average molecular weight is 237 g/mol. The van der Waals surface area contributed by atoms with Gasteiger partial charge in [-0.1, -0.05) is 0 Å². The highest BCUT2D eigenvalue weighted by Gasteiger charge is 2.29. The summed E-state index contributed by atoms with van der Waals surface area (Å²) in [4.78, 5) is 32.8. The lowest BCUT2D eigenvalue weighted by Crippen LogP contribution is -2.36. The molecule has 5 heteroatoms. The van der Waals surface area contributed by atoms with E-state index < -0.39 is 11.6 Å². The fourth-order valence-electron chi connectivity index (χ4n) is 1.54. The Morgan fingerprint density at radius 2 is 1.88 bits per heavy atom. The number of ether oxygens (including phenoxy) is 1. The Morgan fingerprint density at radius 1 is 1.29 bits per heavy atom. The number of carbonyl (C=O) groups excluding carboxylic acids is 3. The molecule has 0 unspecified atom stereocenters. The van der Waals surface area contributed by atoms with Gasteiger partial charge in [0, 0.05) is 26.8 Å². The molecule has 92 valence electrons. The lowest BCUT2D eigenvalue weighted by Gasteiger charge is -2.28. The first kappa shape index (κ1) is 13.2. The van der Waals surface area contributed by atoms with Gasteiger partial charge in [-0.15, -0.1) is 0 Å². The summed E-state index contributed by atoms with van der Waals surface area (Å²) in [5, 5.41) is 2.62. The Kier molecular flexibility index (Phi) is 4.20. The second kappa shape index (κ2) is 5.43. The van der Waals surface area contributed by atoms with Crippen molar-refractivity contribution in [3.63, 3.8) is 0 Å². The van der Waals surface area contributed by atoms with Crippen LogP contribution in [0.25, 0.3) is 0 Å². The lowest BCUT2D eigenvalue weighted by molar-refractivity contribution is -0.149. The van der Waals surface area contributed by atoms with E-state index in [0.717, 1.165) is 0 Å². The Bertz CT molecular complexity index is 379. The first-order valence-corrected chi connectivity index (χ1v) is 5.30. The zero-order chi connectivity index (χ0) is 12.9. The fraction of sp³-hybridized carbons (Fsp3) is 0.417. The number of hydrogen-bond donors (Lipinski definition) is 1. The molecule has 0 radical (unpaired) electrons. The summed E-state index contributed by atoms with van der Waals surface area (Å²) in [5.41, 5.74) is -0.928. The molecule has 0 aromatic carbocycles. The van der Waals surface area contributed by atoms with E-state index in [1.54, 1.807) is 12.2 Å². The van der Waals surface area contributed by atoms with Crippen molar-refractivity contribution in [3.05, 3.63) is 24.3 Å². The van der Waals surface area contributed by atoms with Crippen molar-refractivity contribution in [2.75, 3.05) is 6.54 Å². The molecule has 0 saturated carbocycles. The van der Waals surface area contributed by atoms with Crippen LogP contribution in [0.1, 0.15) is 20.3 Å². The minimum absolute atomic E-state index is 0.146. The van der Waals surface area contributed by atoms with Crippen molar-refractivity contribution < 1.29 is 19.1 Å². The van der Waals surface area contributed by atoms with Gasteiger partial charge in [-0.2, -0.15) is 0 Å². The summed E-state index contributed by atoms with van der Waals surface area (Å²) in [6.45, 7) is 3.08. The number of hydrogen-bond acceptors (Lipinski definition) is 4. The van der Waals surface area contributed by atoms with E-state index >= 15 is 0 Å². The molecule has 0 aromatic rings. The van der Waals surface area contributed by atoms with E-state index in [0.29, 0.717) is 13.0 Å². The molecule has 1 rings (SSSR count). The maximum atomic E-state index is 11.0. The molecule has 1 aliphatic carbocycles. The summed E-state index contributed by atoms with van der Waals surface area (Å²) in [6.07, 6.45) is 6.19. The van der Waals surface area contributed by atoms with E-state index in [-0.39, 0.29) is 11.7 Å². The molecular formula is C12H15NO4. The lowest BCUT2D eigenvalue weighted by atomic mass is 9.93. The third-order valence-electron chi connectivity index (χ3n) is 2.28. The Balaban J connectivity index is 2.70. The molecule has 0 atom stereocenters. The van der Waals surface area contributed by atoms with Gasteiger partial charge in [0.25, 0.3) is 0 Å². The summed E-state index contributed by atoms with van der Waals surface area (Å²) in [7, 11) is 0. The first-order valence-electron chi connectivity index (χ1n) is 5.30. The minimum atomic E-state index is -0.928. The van der Waals surface area contributed by atoms with Crippen molar-refractivity contribution in [1.29, 1.82) is 0 Å². The van der Waals surface area contributed by atoms with Crippen LogP contribution in [0.15, 0.2) is 24.3 Å². The number of nitrogens with one attached hydrogen (secondary N) is 1. The summed E-state index contributed by atoms with van der Waals surface area (Å²) >= 11 is 0. The number of carbonyl (C=O) groups is 3. The SMILES string of the molecule is CC(=O)NCCC1(OC(C)=O)C=CC(=O)C=C1. The molecule has 1 amide bonds. The highest BCUT2D eigenvalue weighted by molar-refractivity contribution is 6.00. The molecule has 0 fully saturated rings. The first-order chi connectivity index (χ1) is 7.93. The largest absolute Gasteiger partial charge is 0.451 e. The van der Waals surface area contributed by atoms with Crippen molar-refractivity contribution >= 4 is 17.7 Å². The standard InChI is InChI=1S/C12H15NO4/c1-9(14)13-8-7-12(17-10(2)15)5-3-11(16)4-6-12/h3-6H,7-8H2,1-2H3,(H,13,14). The number of rotatable bonds is 4. The third kappa shape index (κ3) is 4.22. The Hall–Kier alpha value is -1.91. The molecule has 1 N–H and O–H groups in total. The minimum Gasteiger partial charge on any atom is -0.451 e. The molecule has 0 bridgehead atoms. The van der Waals surface area contributed by atoms with Gasteiger partial charge in [-0.3, -0.25) is 14.4 Å². The van der Waals surface area contributed by atoms with Crippen LogP contribution in [0.4, 0.5) is 0 Å². The molecular weight excluding hydrogens is 222 g/mol. The van der Waals surface area contributed by atoms with Crippen molar-refractivity contribution in [2.45, 2.75) is 25.9 Å². The maximum Gasteiger partial charge on any atom is 0.303 e. The topological polar surface area (TPSA) is 72.5 Å². The molecule has 0 aliphatic heterocycles. The van der Waals surface area contributed by atoms with Crippen LogP contribution in [0.3, 0.4) is 0 Å². The molecule has 0 saturated heterocycles. The second-order valence-electron chi connectivity index (χ2n) is 3.85. The molecule has 5 nitrogen and oxygen atoms in total. The van der Waals surface area contributed by atoms with Gasteiger partial charge in [0.15, 0.2) is 11.4 Å². The van der Waals surface area contributed by atoms with Crippen LogP contribution in [0, 0.1) is 0 Å². The van der Waals surface area contributed by atoms with E-state index in [4.69, 9.17) is 4.74 Å². The number of allylic oxidation sites excluding steroid dienone is 2. The predicted octanol–water partition coefficient (Wildman–Crippen LogP) is 0.510. The van der Waals surface area contributed by atoms with Gasteiger partial charge in [-0.25, -0.2) is 0 Å². The average Bonchev–Trinajstić information content (AvgIpc) is 2.21. The highest BCUT2D eigenvalue weighted by atomic mass is 16.6. The zero-order valence-electron chi connectivity index (χ0n) is 9.86. The van der Waals surface area contributed by atoms with E-state index in [1.807, 2.05) is 0 Å². The molecule has 17 heavy (non-hydrogen) atoms. The zero-order valence-corrected chi connectivity index (χ0v) is 9.86. The number of ketones is 1. The number of amides is 1. The summed E-state index contributed by atoms with van der Waals surface area (Å²) in [5.74, 6) is -0.730. The van der Waals surface area contributed by atoms with Crippen LogP contribution >= 0.6 is 0 Å². The van der Waals surface area contributed by atoms with Crippen LogP contribution in [0.5, 0.6) is 0 Å². The molecule has 0 heterocycles. The van der Waals surface area contributed by atoms with Gasteiger partial charge >= 0.3 is 5.97 Å². The number of esters is 1. The molecule has 0 spiro atoms. The molecule has 0 aromatic heterocycles. The summed E-state index contributed by atoms with van der Waals surface area (Å²) in [6, 6.07) is 0. The highest BCUT2D eigenvalue weighted by Crippen LogP contribution is 2.23.